The normalized spacial score (nSPS) is 10.2. The average molecular weight is 377 g/mol. The zero-order valence-corrected chi connectivity index (χ0v) is 16.0. The molecule has 1 N–H and O–H groups in total. The lowest BCUT2D eigenvalue weighted by atomic mass is 10.1. The lowest BCUT2D eigenvalue weighted by molar-refractivity contribution is 0.0950. The number of hydrogen-bond acceptors (Lipinski definition) is 4. The van der Waals surface area contributed by atoms with Crippen LogP contribution in [0.1, 0.15) is 21.5 Å². The van der Waals surface area contributed by atoms with E-state index in [1.807, 2.05) is 48.5 Å². The lowest BCUT2D eigenvalue weighted by Gasteiger charge is -2.12. The van der Waals surface area contributed by atoms with Crippen molar-refractivity contribution in [3.05, 3.63) is 89.5 Å². The summed E-state index contributed by atoms with van der Waals surface area (Å²) in [4.78, 5) is 12.4. The van der Waals surface area contributed by atoms with E-state index in [1.54, 1.807) is 38.5 Å². The summed E-state index contributed by atoms with van der Waals surface area (Å²) in [5, 5.41) is 2.90. The van der Waals surface area contributed by atoms with Crippen LogP contribution < -0.4 is 19.5 Å². The Hall–Kier alpha value is -3.47. The van der Waals surface area contributed by atoms with Gasteiger partial charge in [-0.1, -0.05) is 30.3 Å². The van der Waals surface area contributed by atoms with Gasteiger partial charge in [0.2, 0.25) is 0 Å². The summed E-state index contributed by atoms with van der Waals surface area (Å²) in [5.74, 6) is 1.96. The monoisotopic (exact) mass is 377 g/mol. The smallest absolute Gasteiger partial charge is 0.251 e. The summed E-state index contributed by atoms with van der Waals surface area (Å²) in [6, 6.07) is 22.5. The number of carbonyl (C=O) groups is 1. The minimum Gasteiger partial charge on any atom is -0.497 e. The van der Waals surface area contributed by atoms with E-state index in [1.165, 1.54) is 0 Å². The maximum atomic E-state index is 12.4. The molecule has 0 saturated carbocycles. The zero-order valence-electron chi connectivity index (χ0n) is 16.0. The number of nitrogens with one attached hydrogen (secondary N) is 1. The molecule has 5 nitrogen and oxygen atoms in total. The first-order chi connectivity index (χ1) is 13.7. The van der Waals surface area contributed by atoms with Crippen LogP contribution in [0.4, 0.5) is 0 Å². The Labute approximate surface area is 164 Å². The molecule has 0 aliphatic heterocycles. The highest BCUT2D eigenvalue weighted by molar-refractivity contribution is 5.94. The van der Waals surface area contributed by atoms with Crippen LogP contribution >= 0.6 is 0 Å². The second-order valence-electron chi connectivity index (χ2n) is 6.16. The quantitative estimate of drug-likeness (QED) is 0.639. The van der Waals surface area contributed by atoms with E-state index >= 15 is 0 Å². The number of methoxy groups -OCH3 is 2. The van der Waals surface area contributed by atoms with Gasteiger partial charge in [-0.05, 0) is 48.0 Å². The highest BCUT2D eigenvalue weighted by atomic mass is 16.5. The first-order valence-corrected chi connectivity index (χ1v) is 8.95. The van der Waals surface area contributed by atoms with E-state index in [9.17, 15) is 4.79 Å². The van der Waals surface area contributed by atoms with Gasteiger partial charge in [0.05, 0.1) is 14.2 Å². The third-order valence-corrected chi connectivity index (χ3v) is 4.29. The number of ether oxygens (including phenoxy) is 3. The number of rotatable bonds is 8. The second kappa shape index (κ2) is 9.46. The Morgan fingerprint density at radius 3 is 2.25 bits per heavy atom. The molecule has 28 heavy (non-hydrogen) atoms. The number of amides is 1. The van der Waals surface area contributed by atoms with Crippen LogP contribution in [-0.4, -0.2) is 20.1 Å². The van der Waals surface area contributed by atoms with E-state index in [4.69, 9.17) is 14.2 Å². The van der Waals surface area contributed by atoms with Gasteiger partial charge in [0.1, 0.15) is 23.9 Å². The van der Waals surface area contributed by atoms with E-state index in [0.29, 0.717) is 30.2 Å². The Morgan fingerprint density at radius 1 is 0.857 bits per heavy atom. The van der Waals surface area contributed by atoms with Crippen LogP contribution in [0.2, 0.25) is 0 Å². The fourth-order valence-electron chi connectivity index (χ4n) is 2.74. The minimum atomic E-state index is -0.167. The SMILES string of the molecule is COc1ccc(OC)c(CNC(=O)c2ccc(OCc3ccccc3)cc2)c1. The average Bonchev–Trinajstić information content (AvgIpc) is 2.76. The van der Waals surface area contributed by atoms with Crippen LogP contribution in [0.3, 0.4) is 0 Å². The molecule has 0 atom stereocenters. The van der Waals surface area contributed by atoms with Crippen molar-refractivity contribution in [2.45, 2.75) is 13.2 Å². The van der Waals surface area contributed by atoms with Crippen LogP contribution in [-0.2, 0) is 13.2 Å². The maximum Gasteiger partial charge on any atom is 0.251 e. The van der Waals surface area contributed by atoms with E-state index in [0.717, 1.165) is 16.9 Å². The summed E-state index contributed by atoms with van der Waals surface area (Å²) in [6.45, 7) is 0.827. The van der Waals surface area contributed by atoms with Crippen LogP contribution in [0.5, 0.6) is 17.2 Å². The third-order valence-electron chi connectivity index (χ3n) is 4.29. The molecule has 5 heteroatoms. The van der Waals surface area contributed by atoms with Gasteiger partial charge in [-0.25, -0.2) is 0 Å². The molecule has 144 valence electrons. The molecular weight excluding hydrogens is 354 g/mol. The molecule has 3 aromatic rings. The van der Waals surface area contributed by atoms with Gasteiger partial charge in [-0.2, -0.15) is 0 Å². The summed E-state index contributed by atoms with van der Waals surface area (Å²) in [7, 11) is 3.20. The number of carbonyl (C=O) groups excluding carboxylic acids is 1. The molecule has 0 fully saturated rings. The Kier molecular flexibility index (Phi) is 6.52. The predicted octanol–water partition coefficient (Wildman–Crippen LogP) is 4.21. The largest absolute Gasteiger partial charge is 0.497 e. The topological polar surface area (TPSA) is 56.8 Å². The number of benzene rings is 3. The van der Waals surface area contributed by atoms with Gasteiger partial charge >= 0.3 is 0 Å². The van der Waals surface area contributed by atoms with Crippen molar-refractivity contribution in [3.63, 3.8) is 0 Å². The zero-order chi connectivity index (χ0) is 19.8. The third kappa shape index (κ3) is 5.04. The molecular formula is C23H23NO4. The molecule has 0 spiro atoms. The van der Waals surface area contributed by atoms with Crippen molar-refractivity contribution in [1.29, 1.82) is 0 Å². The van der Waals surface area contributed by atoms with Crippen LogP contribution in [0.15, 0.2) is 72.8 Å². The van der Waals surface area contributed by atoms with E-state index in [-0.39, 0.29) is 5.91 Å². The first-order valence-electron chi connectivity index (χ1n) is 8.95. The van der Waals surface area contributed by atoms with Crippen LogP contribution in [0, 0.1) is 0 Å². The summed E-state index contributed by atoms with van der Waals surface area (Å²) < 4.78 is 16.3. The van der Waals surface area contributed by atoms with Crippen molar-refractivity contribution in [1.82, 2.24) is 5.32 Å². The van der Waals surface area contributed by atoms with E-state index in [2.05, 4.69) is 5.32 Å². The Morgan fingerprint density at radius 2 is 1.57 bits per heavy atom. The molecule has 0 radical (unpaired) electrons. The van der Waals surface area contributed by atoms with Gasteiger partial charge in [0.15, 0.2) is 0 Å². The minimum absolute atomic E-state index is 0.167. The lowest BCUT2D eigenvalue weighted by Crippen LogP contribution is -2.23. The Balaban J connectivity index is 1.57. The van der Waals surface area contributed by atoms with Crippen molar-refractivity contribution in [3.8, 4) is 17.2 Å². The molecule has 3 aromatic carbocycles. The van der Waals surface area contributed by atoms with E-state index < -0.39 is 0 Å². The van der Waals surface area contributed by atoms with Gasteiger partial charge in [-0.15, -0.1) is 0 Å². The van der Waals surface area contributed by atoms with Crippen molar-refractivity contribution in [2.75, 3.05) is 14.2 Å². The second-order valence-corrected chi connectivity index (χ2v) is 6.16. The summed E-state index contributed by atoms with van der Waals surface area (Å²) in [6.07, 6.45) is 0. The van der Waals surface area contributed by atoms with Gasteiger partial charge in [0.25, 0.3) is 5.91 Å². The number of hydrogen-bond donors (Lipinski definition) is 1. The highest BCUT2D eigenvalue weighted by Gasteiger charge is 2.09. The van der Waals surface area contributed by atoms with Crippen molar-refractivity contribution >= 4 is 5.91 Å². The van der Waals surface area contributed by atoms with Gasteiger partial charge < -0.3 is 19.5 Å². The van der Waals surface area contributed by atoms with Crippen molar-refractivity contribution in [2.24, 2.45) is 0 Å². The molecule has 1 amide bonds. The fourth-order valence-corrected chi connectivity index (χ4v) is 2.74. The van der Waals surface area contributed by atoms with Crippen molar-refractivity contribution < 1.29 is 19.0 Å². The molecule has 3 rings (SSSR count). The standard InChI is InChI=1S/C23H23NO4/c1-26-21-12-13-22(27-2)19(14-21)15-24-23(25)18-8-10-20(11-9-18)28-16-17-6-4-3-5-7-17/h3-14H,15-16H2,1-2H3,(H,24,25). The van der Waals surface area contributed by atoms with Gasteiger partial charge in [0, 0.05) is 17.7 Å². The Bertz CT molecular complexity index is 908. The predicted molar refractivity (Wildman–Crippen MR) is 108 cm³/mol. The molecule has 0 saturated heterocycles. The fraction of sp³-hybridized carbons (Fsp3) is 0.174. The molecule has 0 aromatic heterocycles. The molecule has 0 unspecified atom stereocenters. The maximum absolute atomic E-state index is 12.4. The molecule has 0 heterocycles. The molecule has 0 bridgehead atoms. The molecule has 0 aliphatic rings. The summed E-state index contributed by atoms with van der Waals surface area (Å²) in [5.41, 5.74) is 2.50. The highest BCUT2D eigenvalue weighted by Crippen LogP contribution is 2.24. The summed E-state index contributed by atoms with van der Waals surface area (Å²) >= 11 is 0. The molecule has 0 aliphatic carbocycles. The first kappa shape index (κ1) is 19.3. The van der Waals surface area contributed by atoms with Gasteiger partial charge in [-0.3, -0.25) is 4.79 Å². The van der Waals surface area contributed by atoms with Crippen LogP contribution in [0.25, 0.3) is 0 Å².